The van der Waals surface area contributed by atoms with Gasteiger partial charge in [0, 0.05) is 23.7 Å². The van der Waals surface area contributed by atoms with Crippen LogP contribution in [0, 0.1) is 21.4 Å². The van der Waals surface area contributed by atoms with Gasteiger partial charge in [0.05, 0.1) is 4.92 Å². The molecule has 0 radical (unpaired) electrons. The third-order valence-corrected chi connectivity index (χ3v) is 3.06. The number of pyridine rings is 1. The Bertz CT molecular complexity index is 713. The molecule has 6 nitrogen and oxygen atoms in total. The Morgan fingerprint density at radius 3 is 2.90 bits per heavy atom. The molecule has 0 amide bonds. The highest BCUT2D eigenvalue weighted by atomic mass is 35.5. The number of nitrogens with zero attached hydrogens (tertiary/aromatic N) is 3. The Morgan fingerprint density at radius 1 is 1.43 bits per heavy atom. The molecule has 0 spiro atoms. The molecule has 0 unspecified atom stereocenters. The summed E-state index contributed by atoms with van der Waals surface area (Å²) in [5, 5.41) is 19.9. The fourth-order valence-electron chi connectivity index (χ4n) is 1.72. The molecule has 106 valence electrons. The molecule has 0 atom stereocenters. The predicted octanol–water partition coefficient (Wildman–Crippen LogP) is 3.18. The van der Waals surface area contributed by atoms with E-state index in [-0.39, 0.29) is 29.6 Å². The van der Waals surface area contributed by atoms with Crippen LogP contribution in [0.4, 0.5) is 5.69 Å². The molecule has 1 heterocycles. The fourth-order valence-corrected chi connectivity index (χ4v) is 1.89. The summed E-state index contributed by atoms with van der Waals surface area (Å²) in [6.45, 7) is 0.0172. The molecule has 0 saturated carbocycles. The second-order valence-corrected chi connectivity index (χ2v) is 4.37. The van der Waals surface area contributed by atoms with Crippen molar-refractivity contribution in [3.63, 3.8) is 0 Å². The minimum atomic E-state index is -0.526. The van der Waals surface area contributed by atoms with Gasteiger partial charge in [-0.1, -0.05) is 12.1 Å². The maximum absolute atomic E-state index is 11.0. The third-order valence-electron chi connectivity index (χ3n) is 2.76. The van der Waals surface area contributed by atoms with Gasteiger partial charge >= 0.3 is 5.69 Å². The third kappa shape index (κ3) is 3.46. The molecule has 0 aliphatic carbocycles. The quantitative estimate of drug-likeness (QED) is 0.481. The van der Waals surface area contributed by atoms with Crippen molar-refractivity contribution in [2.24, 2.45) is 0 Å². The summed E-state index contributed by atoms with van der Waals surface area (Å²) in [4.78, 5) is 14.4. The first-order valence-electron chi connectivity index (χ1n) is 5.95. The van der Waals surface area contributed by atoms with Gasteiger partial charge in [-0.25, -0.2) is 4.98 Å². The molecule has 21 heavy (non-hydrogen) atoms. The molecule has 2 rings (SSSR count). The predicted molar refractivity (Wildman–Crippen MR) is 75.9 cm³/mol. The smallest absolute Gasteiger partial charge is 0.310 e. The summed E-state index contributed by atoms with van der Waals surface area (Å²) >= 11 is 5.72. The highest BCUT2D eigenvalue weighted by Crippen LogP contribution is 2.29. The molecular weight excluding hydrogens is 294 g/mol. The van der Waals surface area contributed by atoms with E-state index >= 15 is 0 Å². The number of alkyl halides is 1. The molecule has 0 aliphatic heterocycles. The number of aromatic nitrogens is 1. The number of nitro benzene ring substituents is 1. The molecule has 0 saturated heterocycles. The van der Waals surface area contributed by atoms with E-state index in [0.29, 0.717) is 11.1 Å². The van der Waals surface area contributed by atoms with E-state index in [0.717, 1.165) is 0 Å². The monoisotopic (exact) mass is 303 g/mol. The van der Waals surface area contributed by atoms with Crippen LogP contribution < -0.4 is 4.74 Å². The van der Waals surface area contributed by atoms with Crippen LogP contribution >= 0.6 is 11.6 Å². The van der Waals surface area contributed by atoms with Crippen molar-refractivity contribution < 1.29 is 9.66 Å². The van der Waals surface area contributed by atoms with E-state index in [1.54, 1.807) is 18.2 Å². The highest BCUT2D eigenvalue weighted by molar-refractivity contribution is 6.17. The summed E-state index contributed by atoms with van der Waals surface area (Å²) in [6.07, 6.45) is 1.50. The molecular formula is C14H10ClN3O3. The Hall–Kier alpha value is -2.65. The number of nitriles is 1. The van der Waals surface area contributed by atoms with Crippen LogP contribution in [0.1, 0.15) is 16.8 Å². The average molecular weight is 304 g/mol. The highest BCUT2D eigenvalue weighted by Gasteiger charge is 2.16. The van der Waals surface area contributed by atoms with Crippen molar-refractivity contribution in [3.05, 3.63) is 63.5 Å². The van der Waals surface area contributed by atoms with Crippen molar-refractivity contribution in [2.45, 2.75) is 12.5 Å². The Labute approximate surface area is 125 Å². The molecule has 0 aliphatic rings. The van der Waals surface area contributed by atoms with Gasteiger partial charge in [0.2, 0.25) is 0 Å². The van der Waals surface area contributed by atoms with Crippen LogP contribution in [0.25, 0.3) is 0 Å². The van der Waals surface area contributed by atoms with Crippen LogP contribution in [0.5, 0.6) is 5.75 Å². The number of rotatable bonds is 5. The minimum absolute atomic E-state index is 0.0172. The van der Waals surface area contributed by atoms with E-state index in [4.69, 9.17) is 21.6 Å². The molecule has 0 bridgehead atoms. The Balaban J connectivity index is 2.27. The first-order chi connectivity index (χ1) is 10.2. The van der Waals surface area contributed by atoms with Gasteiger partial charge in [0.1, 0.15) is 18.4 Å². The fraction of sp³-hybridized carbons (Fsp3) is 0.143. The lowest BCUT2D eigenvalue weighted by Crippen LogP contribution is -2.02. The SMILES string of the molecule is N#Cc1ncccc1COc1cc(CCl)ccc1[N+](=O)[O-]. The molecule has 2 aromatic rings. The van der Waals surface area contributed by atoms with Crippen LogP contribution in [-0.4, -0.2) is 9.91 Å². The zero-order valence-electron chi connectivity index (χ0n) is 10.8. The summed E-state index contributed by atoms with van der Waals surface area (Å²) in [6, 6.07) is 9.74. The largest absolute Gasteiger partial charge is 0.482 e. The number of hydrogen-bond acceptors (Lipinski definition) is 5. The molecule has 1 aromatic heterocycles. The van der Waals surface area contributed by atoms with Gasteiger partial charge in [0.25, 0.3) is 0 Å². The normalized spacial score (nSPS) is 9.90. The maximum Gasteiger partial charge on any atom is 0.310 e. The lowest BCUT2D eigenvalue weighted by Gasteiger charge is -2.08. The number of benzene rings is 1. The van der Waals surface area contributed by atoms with Gasteiger partial charge in [-0.05, 0) is 17.7 Å². The molecule has 0 fully saturated rings. The van der Waals surface area contributed by atoms with Crippen molar-refractivity contribution in [3.8, 4) is 11.8 Å². The maximum atomic E-state index is 11.0. The zero-order valence-corrected chi connectivity index (χ0v) is 11.6. The molecule has 1 aromatic carbocycles. The van der Waals surface area contributed by atoms with Crippen molar-refractivity contribution in [1.29, 1.82) is 5.26 Å². The Kier molecular flexibility index (Phi) is 4.69. The first-order valence-corrected chi connectivity index (χ1v) is 6.49. The number of nitro groups is 1. The van der Waals surface area contributed by atoms with E-state index in [1.807, 2.05) is 6.07 Å². The number of ether oxygens (including phenoxy) is 1. The zero-order chi connectivity index (χ0) is 15.2. The van der Waals surface area contributed by atoms with Crippen molar-refractivity contribution in [1.82, 2.24) is 4.98 Å². The van der Waals surface area contributed by atoms with Crippen LogP contribution in [0.2, 0.25) is 0 Å². The van der Waals surface area contributed by atoms with Crippen molar-refractivity contribution in [2.75, 3.05) is 0 Å². The lowest BCUT2D eigenvalue weighted by atomic mass is 10.2. The van der Waals surface area contributed by atoms with E-state index in [1.165, 1.54) is 18.3 Å². The van der Waals surface area contributed by atoms with Gasteiger partial charge in [-0.2, -0.15) is 5.26 Å². The van der Waals surface area contributed by atoms with Gasteiger partial charge in [-0.15, -0.1) is 11.6 Å². The summed E-state index contributed by atoms with van der Waals surface area (Å²) in [7, 11) is 0. The van der Waals surface area contributed by atoms with E-state index in [9.17, 15) is 10.1 Å². The van der Waals surface area contributed by atoms with E-state index in [2.05, 4.69) is 4.98 Å². The molecule has 7 heteroatoms. The van der Waals surface area contributed by atoms with Crippen LogP contribution in [0.15, 0.2) is 36.5 Å². The van der Waals surface area contributed by atoms with E-state index < -0.39 is 4.92 Å². The summed E-state index contributed by atoms with van der Waals surface area (Å²) in [5.41, 5.74) is 1.36. The second kappa shape index (κ2) is 6.68. The molecule has 0 N–H and O–H groups in total. The van der Waals surface area contributed by atoms with Gasteiger partial charge in [0.15, 0.2) is 5.75 Å². The Morgan fingerprint density at radius 2 is 2.24 bits per heavy atom. The second-order valence-electron chi connectivity index (χ2n) is 4.10. The summed E-state index contributed by atoms with van der Waals surface area (Å²) < 4.78 is 5.48. The van der Waals surface area contributed by atoms with Gasteiger partial charge < -0.3 is 4.74 Å². The number of halogens is 1. The van der Waals surface area contributed by atoms with Crippen molar-refractivity contribution >= 4 is 17.3 Å². The number of hydrogen-bond donors (Lipinski definition) is 0. The van der Waals surface area contributed by atoms with Crippen LogP contribution in [-0.2, 0) is 12.5 Å². The van der Waals surface area contributed by atoms with Crippen LogP contribution in [0.3, 0.4) is 0 Å². The standard InChI is InChI=1S/C14H10ClN3O3/c15-7-10-3-4-13(18(19)20)14(6-10)21-9-11-2-1-5-17-12(11)8-16/h1-6H,7,9H2. The first kappa shape index (κ1) is 14.8. The average Bonchev–Trinajstić information content (AvgIpc) is 2.52. The minimum Gasteiger partial charge on any atom is -0.482 e. The topological polar surface area (TPSA) is 89.0 Å². The summed E-state index contributed by atoms with van der Waals surface area (Å²) in [5.74, 6) is 0.343. The van der Waals surface area contributed by atoms with Gasteiger partial charge in [-0.3, -0.25) is 10.1 Å². The lowest BCUT2D eigenvalue weighted by molar-refractivity contribution is -0.386.